The molecule has 5 nitrogen and oxygen atoms in total. The van der Waals surface area contributed by atoms with Crippen molar-refractivity contribution >= 4 is 12.1 Å². The van der Waals surface area contributed by atoms with Crippen molar-refractivity contribution in [1.29, 1.82) is 0 Å². The minimum absolute atomic E-state index is 0.476. The van der Waals surface area contributed by atoms with Crippen molar-refractivity contribution in [3.63, 3.8) is 0 Å². The molecule has 3 aromatic rings. The smallest absolute Gasteiger partial charge is 0.150 e. The average Bonchev–Trinajstić information content (AvgIpc) is 2.56. The molecule has 2 heterocycles. The number of aldehydes is 1. The summed E-state index contributed by atoms with van der Waals surface area (Å²) < 4.78 is 0. The summed E-state index contributed by atoms with van der Waals surface area (Å²) in [4.78, 5) is 23.7. The van der Waals surface area contributed by atoms with E-state index in [0.29, 0.717) is 23.6 Å². The van der Waals surface area contributed by atoms with Crippen LogP contribution in [0.2, 0.25) is 0 Å². The molecule has 0 aliphatic heterocycles. The number of nitrogens with zero attached hydrogens (tertiary/aromatic N) is 3. The molecule has 0 fully saturated rings. The predicted molar refractivity (Wildman–Crippen MR) is 84.3 cm³/mol. The number of carbonyl (C=O) groups excluding carboxylic acids is 1. The Morgan fingerprint density at radius 1 is 1.09 bits per heavy atom. The Morgan fingerprint density at radius 2 is 2.00 bits per heavy atom. The fourth-order valence-corrected chi connectivity index (χ4v) is 2.16. The monoisotopic (exact) mass is 290 g/mol. The third kappa shape index (κ3) is 3.15. The fourth-order valence-electron chi connectivity index (χ4n) is 2.16. The lowest BCUT2D eigenvalue weighted by Gasteiger charge is -2.05. The van der Waals surface area contributed by atoms with Gasteiger partial charge in [0.1, 0.15) is 17.9 Å². The van der Waals surface area contributed by atoms with Gasteiger partial charge in [-0.1, -0.05) is 18.2 Å². The molecule has 2 N–H and O–H groups in total. The van der Waals surface area contributed by atoms with Gasteiger partial charge in [0.15, 0.2) is 0 Å². The van der Waals surface area contributed by atoms with Crippen LogP contribution in [0.5, 0.6) is 0 Å². The highest BCUT2D eigenvalue weighted by molar-refractivity contribution is 5.74. The zero-order valence-corrected chi connectivity index (χ0v) is 11.8. The summed E-state index contributed by atoms with van der Waals surface area (Å²) in [6.45, 7) is 0. The number of nitrogen functional groups attached to an aromatic ring is 1. The quantitative estimate of drug-likeness (QED) is 0.747. The van der Waals surface area contributed by atoms with Crippen molar-refractivity contribution in [2.45, 2.75) is 6.42 Å². The molecule has 0 bridgehead atoms. The summed E-state index contributed by atoms with van der Waals surface area (Å²) in [6, 6.07) is 12.9. The molecule has 0 atom stereocenters. The summed E-state index contributed by atoms with van der Waals surface area (Å²) in [5.41, 5.74) is 8.92. The van der Waals surface area contributed by atoms with Crippen LogP contribution >= 0.6 is 0 Å². The van der Waals surface area contributed by atoms with Crippen LogP contribution in [0.1, 0.15) is 21.7 Å². The maximum absolute atomic E-state index is 10.8. The van der Waals surface area contributed by atoms with Crippen LogP contribution in [-0.4, -0.2) is 21.2 Å². The highest BCUT2D eigenvalue weighted by atomic mass is 16.1. The normalized spacial score (nSPS) is 10.4. The standard InChI is InChI=1S/C17H14N4O/c18-16-5-4-14(10-20-16)15-6-7-19-17(21-15)9-12-2-1-3-13(8-12)11-22/h1-8,10-11H,9H2,(H2,18,20). The van der Waals surface area contributed by atoms with E-state index in [-0.39, 0.29) is 0 Å². The predicted octanol–water partition coefficient (Wildman–Crippen LogP) is 2.52. The summed E-state index contributed by atoms with van der Waals surface area (Å²) in [5, 5.41) is 0. The Balaban J connectivity index is 1.87. The summed E-state index contributed by atoms with van der Waals surface area (Å²) >= 11 is 0. The Morgan fingerprint density at radius 3 is 2.77 bits per heavy atom. The van der Waals surface area contributed by atoms with Gasteiger partial charge in [0.05, 0.1) is 5.69 Å². The van der Waals surface area contributed by atoms with Crippen molar-refractivity contribution < 1.29 is 4.79 Å². The molecular formula is C17H14N4O. The van der Waals surface area contributed by atoms with E-state index in [1.807, 2.05) is 30.3 Å². The molecule has 0 saturated carbocycles. The van der Waals surface area contributed by atoms with Gasteiger partial charge in [0, 0.05) is 29.9 Å². The molecule has 0 unspecified atom stereocenters. The first kappa shape index (κ1) is 13.9. The number of aromatic nitrogens is 3. The summed E-state index contributed by atoms with van der Waals surface area (Å²) in [7, 11) is 0. The number of benzene rings is 1. The lowest BCUT2D eigenvalue weighted by molar-refractivity contribution is 0.112. The first-order valence-electron chi connectivity index (χ1n) is 6.82. The summed E-state index contributed by atoms with van der Waals surface area (Å²) in [5.74, 6) is 1.17. The van der Waals surface area contributed by atoms with E-state index >= 15 is 0 Å². The van der Waals surface area contributed by atoms with E-state index in [2.05, 4.69) is 15.0 Å². The third-order valence-corrected chi connectivity index (χ3v) is 3.24. The van der Waals surface area contributed by atoms with Crippen molar-refractivity contribution in [2.24, 2.45) is 0 Å². The Labute approximate surface area is 127 Å². The topological polar surface area (TPSA) is 81.8 Å². The van der Waals surface area contributed by atoms with Gasteiger partial charge in [-0.25, -0.2) is 15.0 Å². The van der Waals surface area contributed by atoms with Crippen LogP contribution < -0.4 is 5.73 Å². The molecule has 3 rings (SSSR count). The second-order valence-corrected chi connectivity index (χ2v) is 4.87. The Bertz CT molecular complexity index is 800. The largest absolute Gasteiger partial charge is 0.384 e. The number of rotatable bonds is 4. The highest BCUT2D eigenvalue weighted by Crippen LogP contribution is 2.17. The van der Waals surface area contributed by atoms with E-state index in [0.717, 1.165) is 23.1 Å². The summed E-state index contributed by atoms with van der Waals surface area (Å²) in [6.07, 6.45) is 4.81. The molecule has 0 saturated heterocycles. The zero-order chi connectivity index (χ0) is 15.4. The molecule has 108 valence electrons. The van der Waals surface area contributed by atoms with Crippen LogP contribution in [0, 0.1) is 0 Å². The molecule has 0 spiro atoms. The molecule has 22 heavy (non-hydrogen) atoms. The average molecular weight is 290 g/mol. The first-order chi connectivity index (χ1) is 10.7. The van der Waals surface area contributed by atoms with E-state index in [1.165, 1.54) is 0 Å². The van der Waals surface area contributed by atoms with Gasteiger partial charge in [-0.05, 0) is 29.8 Å². The van der Waals surface area contributed by atoms with Gasteiger partial charge in [-0.3, -0.25) is 4.79 Å². The van der Waals surface area contributed by atoms with Crippen LogP contribution in [0.15, 0.2) is 54.9 Å². The van der Waals surface area contributed by atoms with Crippen molar-refractivity contribution in [2.75, 3.05) is 5.73 Å². The van der Waals surface area contributed by atoms with Crippen molar-refractivity contribution in [3.05, 3.63) is 71.8 Å². The maximum Gasteiger partial charge on any atom is 0.150 e. The van der Waals surface area contributed by atoms with Crippen LogP contribution in [0.25, 0.3) is 11.3 Å². The molecule has 1 aromatic carbocycles. The molecule has 0 amide bonds. The number of pyridine rings is 1. The van der Waals surface area contributed by atoms with Gasteiger partial charge in [0.2, 0.25) is 0 Å². The molecule has 0 radical (unpaired) electrons. The minimum atomic E-state index is 0.476. The Kier molecular flexibility index (Phi) is 3.87. The van der Waals surface area contributed by atoms with Crippen LogP contribution in [0.3, 0.4) is 0 Å². The molecule has 2 aromatic heterocycles. The lowest BCUT2D eigenvalue weighted by atomic mass is 10.1. The van der Waals surface area contributed by atoms with Gasteiger partial charge in [0.25, 0.3) is 0 Å². The zero-order valence-electron chi connectivity index (χ0n) is 11.8. The molecule has 0 aliphatic carbocycles. The van der Waals surface area contributed by atoms with Gasteiger partial charge in [-0.15, -0.1) is 0 Å². The number of hydrogen-bond acceptors (Lipinski definition) is 5. The fraction of sp³-hybridized carbons (Fsp3) is 0.0588. The van der Waals surface area contributed by atoms with Gasteiger partial charge >= 0.3 is 0 Å². The number of carbonyl (C=O) groups is 1. The van der Waals surface area contributed by atoms with Crippen LogP contribution in [-0.2, 0) is 6.42 Å². The SMILES string of the molecule is Nc1ccc(-c2ccnc(Cc3cccc(C=O)c3)n2)cn1. The van der Waals surface area contributed by atoms with E-state index < -0.39 is 0 Å². The number of hydrogen-bond donors (Lipinski definition) is 1. The van der Waals surface area contributed by atoms with E-state index in [9.17, 15) is 4.79 Å². The van der Waals surface area contributed by atoms with E-state index in [4.69, 9.17) is 5.73 Å². The lowest BCUT2D eigenvalue weighted by Crippen LogP contribution is -1.99. The minimum Gasteiger partial charge on any atom is -0.384 e. The molecular weight excluding hydrogens is 276 g/mol. The second kappa shape index (κ2) is 6.13. The highest BCUT2D eigenvalue weighted by Gasteiger charge is 2.04. The van der Waals surface area contributed by atoms with Crippen molar-refractivity contribution in [1.82, 2.24) is 15.0 Å². The number of anilines is 1. The van der Waals surface area contributed by atoms with Gasteiger partial charge in [-0.2, -0.15) is 0 Å². The third-order valence-electron chi connectivity index (χ3n) is 3.24. The second-order valence-electron chi connectivity index (χ2n) is 4.87. The molecule has 5 heteroatoms. The Hall–Kier alpha value is -3.08. The van der Waals surface area contributed by atoms with E-state index in [1.54, 1.807) is 24.5 Å². The van der Waals surface area contributed by atoms with Crippen LogP contribution in [0.4, 0.5) is 5.82 Å². The van der Waals surface area contributed by atoms with Crippen molar-refractivity contribution in [3.8, 4) is 11.3 Å². The maximum atomic E-state index is 10.8. The molecule has 0 aliphatic rings. The van der Waals surface area contributed by atoms with Gasteiger partial charge < -0.3 is 5.73 Å². The first-order valence-corrected chi connectivity index (χ1v) is 6.82. The number of nitrogens with two attached hydrogens (primary N) is 1.